The third kappa shape index (κ3) is 5.34. The van der Waals surface area contributed by atoms with Crippen molar-refractivity contribution in [2.45, 2.75) is 6.92 Å². The number of amides is 2. The highest BCUT2D eigenvalue weighted by atomic mass is 35.5. The van der Waals surface area contributed by atoms with Gasteiger partial charge in [0.25, 0.3) is 11.8 Å². The molecule has 148 valence electrons. The number of nitriles is 1. The molecule has 6 heteroatoms. The molecule has 0 aromatic heterocycles. The minimum atomic E-state index is -0.508. The number of carbonyl (C=O) groups is 2. The van der Waals surface area contributed by atoms with Crippen LogP contribution in [-0.2, 0) is 4.79 Å². The van der Waals surface area contributed by atoms with Crippen molar-refractivity contribution in [3.05, 3.63) is 100 Å². The van der Waals surface area contributed by atoms with Crippen LogP contribution in [0.5, 0.6) is 0 Å². The Kier molecular flexibility index (Phi) is 6.63. The molecule has 3 aromatic carbocycles. The van der Waals surface area contributed by atoms with Gasteiger partial charge in [-0.2, -0.15) is 5.26 Å². The summed E-state index contributed by atoms with van der Waals surface area (Å²) in [5.41, 5.74) is 3.10. The van der Waals surface area contributed by atoms with Gasteiger partial charge in [-0.3, -0.25) is 9.59 Å². The summed E-state index contributed by atoms with van der Waals surface area (Å²) in [6.45, 7) is 1.95. The lowest BCUT2D eigenvalue weighted by Crippen LogP contribution is -2.13. The van der Waals surface area contributed by atoms with E-state index in [0.717, 1.165) is 5.56 Å². The molecule has 0 spiro atoms. The predicted molar refractivity (Wildman–Crippen MR) is 119 cm³/mol. The summed E-state index contributed by atoms with van der Waals surface area (Å²) < 4.78 is 0. The van der Waals surface area contributed by atoms with Crippen LogP contribution in [0, 0.1) is 18.3 Å². The average molecular weight is 416 g/mol. The quantitative estimate of drug-likeness (QED) is 0.429. The molecular weight excluding hydrogens is 398 g/mol. The van der Waals surface area contributed by atoms with E-state index < -0.39 is 5.91 Å². The summed E-state index contributed by atoms with van der Waals surface area (Å²) >= 11 is 6.06. The Morgan fingerprint density at radius 3 is 2.37 bits per heavy atom. The lowest BCUT2D eigenvalue weighted by Gasteiger charge is -2.08. The Balaban J connectivity index is 1.76. The van der Waals surface area contributed by atoms with Crippen molar-refractivity contribution < 1.29 is 9.59 Å². The molecule has 0 heterocycles. The smallest absolute Gasteiger partial charge is 0.266 e. The number of nitrogens with zero attached hydrogens (tertiary/aromatic N) is 1. The molecule has 0 fully saturated rings. The van der Waals surface area contributed by atoms with Crippen LogP contribution < -0.4 is 10.6 Å². The average Bonchev–Trinajstić information content (AvgIpc) is 2.74. The van der Waals surface area contributed by atoms with Gasteiger partial charge in [-0.05, 0) is 55.0 Å². The zero-order valence-electron chi connectivity index (χ0n) is 16.1. The van der Waals surface area contributed by atoms with Crippen LogP contribution in [0.3, 0.4) is 0 Å². The van der Waals surface area contributed by atoms with Crippen molar-refractivity contribution in [1.82, 2.24) is 0 Å². The Morgan fingerprint density at radius 2 is 1.67 bits per heavy atom. The van der Waals surface area contributed by atoms with Gasteiger partial charge in [0.1, 0.15) is 11.6 Å². The van der Waals surface area contributed by atoms with E-state index in [1.54, 1.807) is 60.7 Å². The number of hydrogen-bond donors (Lipinski definition) is 2. The number of carbonyl (C=O) groups excluding carboxylic acids is 2. The largest absolute Gasteiger partial charge is 0.322 e. The lowest BCUT2D eigenvalue weighted by atomic mass is 10.1. The minimum Gasteiger partial charge on any atom is -0.322 e. The molecule has 0 aliphatic heterocycles. The van der Waals surface area contributed by atoms with Crippen LogP contribution in [0.15, 0.2) is 78.4 Å². The maximum atomic E-state index is 12.4. The van der Waals surface area contributed by atoms with Gasteiger partial charge in [-0.1, -0.05) is 53.6 Å². The first-order valence-corrected chi connectivity index (χ1v) is 9.50. The van der Waals surface area contributed by atoms with Gasteiger partial charge >= 0.3 is 0 Å². The van der Waals surface area contributed by atoms with Crippen molar-refractivity contribution in [3.8, 4) is 6.07 Å². The summed E-state index contributed by atoms with van der Waals surface area (Å²) in [4.78, 5) is 24.9. The summed E-state index contributed by atoms with van der Waals surface area (Å²) in [5, 5.41) is 15.2. The molecule has 0 saturated carbocycles. The summed E-state index contributed by atoms with van der Waals surface area (Å²) in [5.74, 6) is -0.855. The normalized spacial score (nSPS) is 10.8. The van der Waals surface area contributed by atoms with Crippen molar-refractivity contribution >= 4 is 40.9 Å². The fourth-order valence-electron chi connectivity index (χ4n) is 2.70. The van der Waals surface area contributed by atoms with Crippen LogP contribution in [0.4, 0.5) is 11.4 Å². The van der Waals surface area contributed by atoms with Gasteiger partial charge < -0.3 is 10.6 Å². The molecule has 2 N–H and O–H groups in total. The predicted octanol–water partition coefficient (Wildman–Crippen LogP) is 5.45. The van der Waals surface area contributed by atoms with Crippen molar-refractivity contribution in [3.63, 3.8) is 0 Å². The molecule has 0 unspecified atom stereocenters. The minimum absolute atomic E-state index is 0.0508. The second-order valence-corrected chi connectivity index (χ2v) is 6.96. The van der Waals surface area contributed by atoms with E-state index in [9.17, 15) is 14.9 Å². The Labute approximate surface area is 179 Å². The monoisotopic (exact) mass is 415 g/mol. The highest BCUT2D eigenvalue weighted by molar-refractivity contribution is 6.34. The molecule has 2 amide bonds. The first-order chi connectivity index (χ1) is 14.5. The van der Waals surface area contributed by atoms with Crippen LogP contribution in [0.25, 0.3) is 6.08 Å². The Morgan fingerprint density at radius 1 is 0.933 bits per heavy atom. The van der Waals surface area contributed by atoms with Gasteiger partial charge in [-0.15, -0.1) is 0 Å². The fourth-order valence-corrected chi connectivity index (χ4v) is 2.92. The van der Waals surface area contributed by atoms with E-state index in [1.165, 1.54) is 6.08 Å². The highest BCUT2D eigenvalue weighted by Crippen LogP contribution is 2.19. The number of rotatable bonds is 5. The van der Waals surface area contributed by atoms with Gasteiger partial charge in [0.2, 0.25) is 0 Å². The van der Waals surface area contributed by atoms with E-state index in [4.69, 9.17) is 11.6 Å². The Bertz CT molecular complexity index is 1160. The lowest BCUT2D eigenvalue weighted by molar-refractivity contribution is -0.112. The zero-order valence-corrected chi connectivity index (χ0v) is 16.9. The van der Waals surface area contributed by atoms with Crippen LogP contribution in [0.1, 0.15) is 21.5 Å². The molecule has 3 aromatic rings. The summed E-state index contributed by atoms with van der Waals surface area (Å²) in [7, 11) is 0. The van der Waals surface area contributed by atoms with Gasteiger partial charge in [0, 0.05) is 11.4 Å². The SMILES string of the molecule is Cc1ccc(NC(=O)/C(C#N)=C/c2cccc(NC(=O)c3ccccc3Cl)c2)cc1. The number of aryl methyl sites for hydroxylation is 1. The summed E-state index contributed by atoms with van der Waals surface area (Å²) in [6, 6.07) is 22.8. The molecule has 5 nitrogen and oxygen atoms in total. The molecular formula is C24H18ClN3O2. The van der Waals surface area contributed by atoms with E-state index in [1.807, 2.05) is 25.1 Å². The number of anilines is 2. The number of halogens is 1. The van der Waals surface area contributed by atoms with Crippen molar-refractivity contribution in [2.24, 2.45) is 0 Å². The molecule has 0 aliphatic rings. The molecule has 0 atom stereocenters. The molecule has 3 rings (SSSR count). The van der Waals surface area contributed by atoms with Crippen molar-refractivity contribution in [2.75, 3.05) is 10.6 Å². The first-order valence-electron chi connectivity index (χ1n) is 9.12. The van der Waals surface area contributed by atoms with Crippen LogP contribution in [0.2, 0.25) is 5.02 Å². The van der Waals surface area contributed by atoms with Crippen LogP contribution in [-0.4, -0.2) is 11.8 Å². The second kappa shape index (κ2) is 9.55. The van der Waals surface area contributed by atoms with Crippen molar-refractivity contribution in [1.29, 1.82) is 5.26 Å². The molecule has 0 saturated heterocycles. The molecule has 0 bridgehead atoms. The topological polar surface area (TPSA) is 82.0 Å². The number of hydrogen-bond acceptors (Lipinski definition) is 3. The van der Waals surface area contributed by atoms with E-state index in [0.29, 0.717) is 27.5 Å². The van der Waals surface area contributed by atoms with E-state index in [2.05, 4.69) is 10.6 Å². The number of nitrogens with one attached hydrogen (secondary N) is 2. The summed E-state index contributed by atoms with van der Waals surface area (Å²) in [6.07, 6.45) is 1.47. The molecule has 0 aliphatic carbocycles. The first kappa shape index (κ1) is 20.8. The third-order valence-electron chi connectivity index (χ3n) is 4.25. The highest BCUT2D eigenvalue weighted by Gasteiger charge is 2.12. The molecule has 30 heavy (non-hydrogen) atoms. The Hall–Kier alpha value is -3.88. The zero-order chi connectivity index (χ0) is 21.5. The van der Waals surface area contributed by atoms with Crippen LogP contribution >= 0.6 is 11.6 Å². The van der Waals surface area contributed by atoms with E-state index in [-0.39, 0.29) is 11.5 Å². The fraction of sp³-hybridized carbons (Fsp3) is 0.0417. The van der Waals surface area contributed by atoms with Gasteiger partial charge in [0.15, 0.2) is 0 Å². The number of benzene rings is 3. The standard InChI is InChI=1S/C24H18ClN3O2/c1-16-9-11-19(12-10-16)27-23(29)18(15-26)13-17-5-4-6-20(14-17)28-24(30)21-7-2-3-8-22(21)25/h2-14H,1H3,(H,27,29)(H,28,30)/b18-13+. The third-order valence-corrected chi connectivity index (χ3v) is 4.58. The van der Waals surface area contributed by atoms with Gasteiger partial charge in [-0.25, -0.2) is 0 Å². The van der Waals surface area contributed by atoms with Gasteiger partial charge in [0.05, 0.1) is 10.6 Å². The van der Waals surface area contributed by atoms with E-state index >= 15 is 0 Å². The molecule has 0 radical (unpaired) electrons. The maximum Gasteiger partial charge on any atom is 0.266 e. The second-order valence-electron chi connectivity index (χ2n) is 6.55. The maximum absolute atomic E-state index is 12.4.